The summed E-state index contributed by atoms with van der Waals surface area (Å²) in [6, 6.07) is 0.683. The van der Waals surface area contributed by atoms with Crippen molar-refractivity contribution in [1.29, 1.82) is 0 Å². The van der Waals surface area contributed by atoms with Gasteiger partial charge in [-0.15, -0.1) is 0 Å². The first-order chi connectivity index (χ1) is 7.26. The maximum atomic E-state index is 3.56. The Hall–Kier alpha value is -0.0800. The average molecular weight is 228 g/mol. The summed E-state index contributed by atoms with van der Waals surface area (Å²) < 4.78 is 0. The van der Waals surface area contributed by atoms with Crippen LogP contribution in [0.2, 0.25) is 0 Å². The molecule has 0 spiro atoms. The first kappa shape index (κ1) is 15.9. The number of rotatable bonds is 7. The largest absolute Gasteiger partial charge is 0.312 e. The molecule has 16 heavy (non-hydrogen) atoms. The molecule has 0 amide bonds. The van der Waals surface area contributed by atoms with Gasteiger partial charge < -0.3 is 10.2 Å². The Labute approximate surface area is 103 Å². The van der Waals surface area contributed by atoms with Gasteiger partial charge in [-0.3, -0.25) is 0 Å². The minimum atomic E-state index is 0.245. The van der Waals surface area contributed by atoms with Crippen LogP contribution in [0, 0.1) is 5.92 Å². The van der Waals surface area contributed by atoms with Gasteiger partial charge in [0.05, 0.1) is 0 Å². The SMILES string of the molecule is CCN(CC(C)C)C(C)CCNC(C)(C)C. The molecule has 1 N–H and O–H groups in total. The van der Waals surface area contributed by atoms with E-state index in [0.29, 0.717) is 6.04 Å². The molecule has 2 heteroatoms. The molecule has 1 unspecified atom stereocenters. The normalized spacial score (nSPS) is 14.8. The topological polar surface area (TPSA) is 15.3 Å². The van der Waals surface area contributed by atoms with Crippen LogP contribution in [0.25, 0.3) is 0 Å². The van der Waals surface area contributed by atoms with E-state index in [9.17, 15) is 0 Å². The predicted molar refractivity (Wildman–Crippen MR) is 73.9 cm³/mol. The second-order valence-electron chi connectivity index (χ2n) is 6.30. The molecule has 0 bridgehead atoms. The molecular formula is C14H32N2. The van der Waals surface area contributed by atoms with E-state index in [-0.39, 0.29) is 5.54 Å². The van der Waals surface area contributed by atoms with Crippen molar-refractivity contribution < 1.29 is 0 Å². The van der Waals surface area contributed by atoms with Crippen molar-refractivity contribution in [1.82, 2.24) is 10.2 Å². The number of hydrogen-bond donors (Lipinski definition) is 1. The lowest BCUT2D eigenvalue weighted by Gasteiger charge is -2.30. The fourth-order valence-corrected chi connectivity index (χ4v) is 1.93. The molecule has 0 radical (unpaired) electrons. The van der Waals surface area contributed by atoms with Gasteiger partial charge in [-0.05, 0) is 53.1 Å². The zero-order chi connectivity index (χ0) is 12.8. The second kappa shape index (κ2) is 7.29. The minimum absolute atomic E-state index is 0.245. The molecule has 0 rings (SSSR count). The average Bonchev–Trinajstić information content (AvgIpc) is 2.11. The molecule has 0 saturated heterocycles. The molecule has 1 atom stereocenters. The van der Waals surface area contributed by atoms with Crippen molar-refractivity contribution in [3.8, 4) is 0 Å². The summed E-state index contributed by atoms with van der Waals surface area (Å²) in [7, 11) is 0. The van der Waals surface area contributed by atoms with Crippen LogP contribution in [-0.2, 0) is 0 Å². The Balaban J connectivity index is 3.88. The lowest BCUT2D eigenvalue weighted by Crippen LogP contribution is -2.41. The van der Waals surface area contributed by atoms with E-state index < -0.39 is 0 Å². The molecule has 0 fully saturated rings. The Morgan fingerprint density at radius 1 is 1.12 bits per heavy atom. The molecule has 0 aliphatic heterocycles. The lowest BCUT2D eigenvalue weighted by atomic mass is 10.1. The quantitative estimate of drug-likeness (QED) is 0.720. The standard InChI is InChI=1S/C14H32N2/c1-8-16(11-12(2)3)13(4)9-10-15-14(5,6)7/h12-13,15H,8-11H2,1-7H3. The van der Waals surface area contributed by atoms with Crippen molar-refractivity contribution in [3.63, 3.8) is 0 Å². The van der Waals surface area contributed by atoms with Crippen LogP contribution in [-0.4, -0.2) is 36.1 Å². The van der Waals surface area contributed by atoms with Crippen LogP contribution in [0.15, 0.2) is 0 Å². The van der Waals surface area contributed by atoms with E-state index in [2.05, 4.69) is 58.7 Å². The molecule has 0 aromatic carbocycles. The summed E-state index contributed by atoms with van der Waals surface area (Å²) in [5, 5.41) is 3.56. The first-order valence-corrected chi connectivity index (χ1v) is 6.75. The highest BCUT2D eigenvalue weighted by atomic mass is 15.1. The van der Waals surface area contributed by atoms with Crippen molar-refractivity contribution in [3.05, 3.63) is 0 Å². The van der Waals surface area contributed by atoms with Gasteiger partial charge >= 0.3 is 0 Å². The third-order valence-electron chi connectivity index (χ3n) is 2.85. The van der Waals surface area contributed by atoms with E-state index in [1.807, 2.05) is 0 Å². The van der Waals surface area contributed by atoms with Crippen molar-refractivity contribution in [2.45, 2.75) is 66.5 Å². The molecule has 0 saturated carbocycles. The zero-order valence-corrected chi connectivity index (χ0v) is 12.4. The number of hydrogen-bond acceptors (Lipinski definition) is 2. The summed E-state index contributed by atoms with van der Waals surface area (Å²) in [5.74, 6) is 0.762. The van der Waals surface area contributed by atoms with Crippen molar-refractivity contribution in [2.75, 3.05) is 19.6 Å². The first-order valence-electron chi connectivity index (χ1n) is 6.75. The van der Waals surface area contributed by atoms with Crippen molar-refractivity contribution >= 4 is 0 Å². The highest BCUT2D eigenvalue weighted by molar-refractivity contribution is 4.73. The highest BCUT2D eigenvalue weighted by Crippen LogP contribution is 2.08. The molecule has 0 heterocycles. The third kappa shape index (κ3) is 8.12. The third-order valence-corrected chi connectivity index (χ3v) is 2.85. The van der Waals surface area contributed by atoms with E-state index in [1.54, 1.807) is 0 Å². The molecule has 0 aliphatic carbocycles. The zero-order valence-electron chi connectivity index (χ0n) is 12.4. The van der Waals surface area contributed by atoms with E-state index in [0.717, 1.165) is 19.0 Å². The van der Waals surface area contributed by atoms with Crippen LogP contribution >= 0.6 is 0 Å². The molecule has 0 aromatic heterocycles. The lowest BCUT2D eigenvalue weighted by molar-refractivity contribution is 0.184. The summed E-state index contributed by atoms with van der Waals surface area (Å²) in [6.45, 7) is 19.4. The molecule has 98 valence electrons. The van der Waals surface area contributed by atoms with Gasteiger partial charge in [-0.1, -0.05) is 20.8 Å². The van der Waals surface area contributed by atoms with Gasteiger partial charge in [-0.25, -0.2) is 0 Å². The minimum Gasteiger partial charge on any atom is -0.312 e. The van der Waals surface area contributed by atoms with Crippen LogP contribution in [0.1, 0.15) is 54.9 Å². The summed E-state index contributed by atoms with van der Waals surface area (Å²) in [5.41, 5.74) is 0.245. The summed E-state index contributed by atoms with van der Waals surface area (Å²) >= 11 is 0. The second-order valence-corrected chi connectivity index (χ2v) is 6.30. The summed E-state index contributed by atoms with van der Waals surface area (Å²) in [4.78, 5) is 2.58. The van der Waals surface area contributed by atoms with Gasteiger partial charge in [0.15, 0.2) is 0 Å². The number of nitrogens with zero attached hydrogens (tertiary/aromatic N) is 1. The van der Waals surface area contributed by atoms with E-state index in [1.165, 1.54) is 13.0 Å². The van der Waals surface area contributed by atoms with Gasteiger partial charge in [0.2, 0.25) is 0 Å². The molecule has 0 aliphatic rings. The van der Waals surface area contributed by atoms with Crippen LogP contribution in [0.5, 0.6) is 0 Å². The Kier molecular flexibility index (Phi) is 7.25. The van der Waals surface area contributed by atoms with Gasteiger partial charge in [0, 0.05) is 18.1 Å². The fraction of sp³-hybridized carbons (Fsp3) is 1.00. The maximum Gasteiger partial charge on any atom is 0.00965 e. The number of nitrogens with one attached hydrogen (secondary N) is 1. The van der Waals surface area contributed by atoms with Crippen molar-refractivity contribution in [2.24, 2.45) is 5.92 Å². The fourth-order valence-electron chi connectivity index (χ4n) is 1.93. The van der Waals surface area contributed by atoms with Crippen LogP contribution < -0.4 is 5.32 Å². The van der Waals surface area contributed by atoms with Crippen LogP contribution in [0.3, 0.4) is 0 Å². The van der Waals surface area contributed by atoms with Gasteiger partial charge in [0.1, 0.15) is 0 Å². The monoisotopic (exact) mass is 228 g/mol. The van der Waals surface area contributed by atoms with Gasteiger partial charge in [0.25, 0.3) is 0 Å². The smallest absolute Gasteiger partial charge is 0.00965 e. The highest BCUT2D eigenvalue weighted by Gasteiger charge is 2.14. The van der Waals surface area contributed by atoms with E-state index >= 15 is 0 Å². The van der Waals surface area contributed by atoms with Crippen LogP contribution in [0.4, 0.5) is 0 Å². The molecular weight excluding hydrogens is 196 g/mol. The molecule has 0 aromatic rings. The Morgan fingerprint density at radius 3 is 2.06 bits per heavy atom. The molecule has 2 nitrogen and oxygen atoms in total. The summed E-state index contributed by atoms with van der Waals surface area (Å²) in [6.07, 6.45) is 1.23. The van der Waals surface area contributed by atoms with E-state index in [4.69, 9.17) is 0 Å². The Morgan fingerprint density at radius 2 is 1.69 bits per heavy atom. The van der Waals surface area contributed by atoms with Gasteiger partial charge in [-0.2, -0.15) is 0 Å². The Bertz CT molecular complexity index is 170. The predicted octanol–water partition coefficient (Wildman–Crippen LogP) is 3.13. The maximum absolute atomic E-state index is 3.56.